The molecule has 2 aliphatic rings. The fourth-order valence-electron chi connectivity index (χ4n) is 3.54. The molecule has 6 heteroatoms. The Labute approximate surface area is 188 Å². The normalized spacial score (nSPS) is 29.9. The molecule has 0 spiro atoms. The zero-order valence-electron chi connectivity index (χ0n) is 21.4. The molecule has 0 aromatic heterocycles. The van der Waals surface area contributed by atoms with Crippen molar-refractivity contribution in [2.75, 3.05) is 6.61 Å². The van der Waals surface area contributed by atoms with Crippen LogP contribution in [0.3, 0.4) is 0 Å². The highest BCUT2D eigenvalue weighted by Gasteiger charge is 2.46. The topological polar surface area (TPSA) is 36.9 Å². The summed E-state index contributed by atoms with van der Waals surface area (Å²) in [5, 5.41) is 0.312. The summed E-state index contributed by atoms with van der Waals surface area (Å²) in [4.78, 5) is 0. The molecule has 2 unspecified atom stereocenters. The smallest absolute Gasteiger partial charge is 0.192 e. The van der Waals surface area contributed by atoms with Crippen molar-refractivity contribution in [1.82, 2.24) is 0 Å². The van der Waals surface area contributed by atoms with E-state index in [1.54, 1.807) is 0 Å². The fraction of sp³-hybridized carbons (Fsp3) is 0.917. The van der Waals surface area contributed by atoms with Gasteiger partial charge in [0.25, 0.3) is 0 Å². The van der Waals surface area contributed by atoms with E-state index in [-0.39, 0.29) is 34.7 Å². The average Bonchev–Trinajstić information content (AvgIpc) is 2.57. The first-order valence-corrected chi connectivity index (χ1v) is 17.7. The van der Waals surface area contributed by atoms with E-state index in [1.807, 2.05) is 0 Å². The molecule has 4 atom stereocenters. The lowest BCUT2D eigenvalue weighted by Gasteiger charge is -2.47. The second kappa shape index (κ2) is 9.48. The van der Waals surface area contributed by atoms with E-state index < -0.39 is 16.6 Å². The molecule has 0 amide bonds. The van der Waals surface area contributed by atoms with Crippen LogP contribution >= 0.6 is 0 Å². The van der Waals surface area contributed by atoms with Gasteiger partial charge >= 0.3 is 0 Å². The summed E-state index contributed by atoms with van der Waals surface area (Å²) in [7, 11) is -3.87. The molecule has 4 nitrogen and oxygen atoms in total. The molecule has 0 bridgehead atoms. The summed E-state index contributed by atoms with van der Waals surface area (Å²) in [5.74, 6) is 0. The molecule has 1 saturated carbocycles. The molecule has 1 aliphatic carbocycles. The predicted octanol–water partition coefficient (Wildman–Crippen LogP) is 7.03. The van der Waals surface area contributed by atoms with E-state index in [2.05, 4.69) is 74.3 Å². The zero-order valence-corrected chi connectivity index (χ0v) is 23.4. The lowest BCUT2D eigenvalue weighted by atomic mass is 9.88. The number of rotatable bonds is 6. The summed E-state index contributed by atoms with van der Waals surface area (Å²) >= 11 is 0. The van der Waals surface area contributed by atoms with Crippen molar-refractivity contribution in [3.8, 4) is 0 Å². The number of hydrogen-bond donors (Lipinski definition) is 0. The van der Waals surface area contributed by atoms with Gasteiger partial charge in [-0.25, -0.2) is 0 Å². The van der Waals surface area contributed by atoms with Gasteiger partial charge in [0.05, 0.1) is 18.3 Å². The minimum Gasteiger partial charge on any atom is -0.410 e. The molecule has 0 radical (unpaired) electrons. The summed E-state index contributed by atoms with van der Waals surface area (Å²) < 4.78 is 26.0. The van der Waals surface area contributed by atoms with Gasteiger partial charge in [0.15, 0.2) is 22.9 Å². The quantitative estimate of drug-likeness (QED) is 0.317. The van der Waals surface area contributed by atoms with Crippen LogP contribution in [0.15, 0.2) is 12.2 Å². The standard InChI is InChI=1S/C24H48O4Si2/c1-18-20(27-29(8,9)23(2,3)4)16-19(26-22-14-12-13-15-25-22)17-21(18)28-30(10,11)24(5,6)7/h19-22H,1,12-17H2,2-11H3/t19?,20-,21+,22?. The fourth-order valence-corrected chi connectivity index (χ4v) is 6.17. The summed E-state index contributed by atoms with van der Waals surface area (Å²) in [6, 6.07) is 0. The first kappa shape index (κ1) is 26.3. The minimum atomic E-state index is -1.93. The molecule has 0 aromatic rings. The number of ether oxygens (including phenoxy) is 2. The Balaban J connectivity index is 2.21. The lowest BCUT2D eigenvalue weighted by molar-refractivity contribution is -0.199. The third-order valence-corrected chi connectivity index (χ3v) is 16.7. The van der Waals surface area contributed by atoms with Crippen molar-refractivity contribution in [2.24, 2.45) is 0 Å². The van der Waals surface area contributed by atoms with E-state index in [4.69, 9.17) is 18.3 Å². The van der Waals surface area contributed by atoms with Crippen molar-refractivity contribution in [2.45, 2.75) is 135 Å². The molecule has 2 fully saturated rings. The molecule has 1 saturated heterocycles. The van der Waals surface area contributed by atoms with Gasteiger partial charge in [0.2, 0.25) is 0 Å². The molecule has 0 N–H and O–H groups in total. The highest BCUT2D eigenvalue weighted by Crippen LogP contribution is 2.43. The zero-order chi connectivity index (χ0) is 23.0. The van der Waals surface area contributed by atoms with E-state index in [0.717, 1.165) is 37.9 Å². The Kier molecular flexibility index (Phi) is 8.30. The van der Waals surface area contributed by atoms with Crippen LogP contribution in [-0.4, -0.2) is 47.8 Å². The van der Waals surface area contributed by atoms with Crippen LogP contribution in [0, 0.1) is 0 Å². The lowest BCUT2D eigenvalue weighted by Crippen LogP contribution is -2.52. The van der Waals surface area contributed by atoms with Crippen LogP contribution in [0.5, 0.6) is 0 Å². The van der Waals surface area contributed by atoms with Crippen LogP contribution in [0.4, 0.5) is 0 Å². The second-order valence-corrected chi connectivity index (χ2v) is 21.8. The van der Waals surface area contributed by atoms with Gasteiger partial charge in [-0.1, -0.05) is 48.1 Å². The van der Waals surface area contributed by atoms with Gasteiger partial charge in [-0.2, -0.15) is 0 Å². The summed E-state index contributed by atoms with van der Waals surface area (Å²) in [6.45, 7) is 28.3. The average molecular weight is 457 g/mol. The van der Waals surface area contributed by atoms with Crippen LogP contribution in [-0.2, 0) is 18.3 Å². The highest BCUT2D eigenvalue weighted by molar-refractivity contribution is 6.74. The molecule has 2 rings (SSSR count). The summed E-state index contributed by atoms with van der Waals surface area (Å²) in [6.07, 6.45) is 4.98. The van der Waals surface area contributed by atoms with Gasteiger partial charge in [-0.05, 0) is 61.1 Å². The minimum absolute atomic E-state index is 0.0111. The predicted molar refractivity (Wildman–Crippen MR) is 131 cm³/mol. The third kappa shape index (κ3) is 6.52. The van der Waals surface area contributed by atoms with Gasteiger partial charge in [0.1, 0.15) is 0 Å². The Morgan fingerprint density at radius 3 is 1.67 bits per heavy atom. The van der Waals surface area contributed by atoms with E-state index in [1.165, 1.54) is 6.42 Å². The SMILES string of the molecule is C=C1[C@@H](O[Si](C)(C)C(C)(C)C)CC(OC2CCCCO2)C[C@H]1O[Si](C)(C)C(C)(C)C. The summed E-state index contributed by atoms with van der Waals surface area (Å²) in [5.41, 5.74) is 1.11. The van der Waals surface area contributed by atoms with Gasteiger partial charge in [0, 0.05) is 19.4 Å². The van der Waals surface area contributed by atoms with Gasteiger partial charge in [-0.15, -0.1) is 0 Å². The molecule has 1 aliphatic heterocycles. The Morgan fingerprint density at radius 2 is 1.30 bits per heavy atom. The maximum atomic E-state index is 6.86. The highest BCUT2D eigenvalue weighted by atomic mass is 28.4. The van der Waals surface area contributed by atoms with Crippen LogP contribution < -0.4 is 0 Å². The molecule has 30 heavy (non-hydrogen) atoms. The van der Waals surface area contributed by atoms with E-state index >= 15 is 0 Å². The van der Waals surface area contributed by atoms with Gasteiger partial charge < -0.3 is 18.3 Å². The van der Waals surface area contributed by atoms with Crippen LogP contribution in [0.25, 0.3) is 0 Å². The maximum absolute atomic E-state index is 6.86. The van der Waals surface area contributed by atoms with Crippen molar-refractivity contribution >= 4 is 16.6 Å². The molecular weight excluding hydrogens is 408 g/mol. The van der Waals surface area contributed by atoms with Crippen LogP contribution in [0.2, 0.25) is 36.3 Å². The second-order valence-electron chi connectivity index (χ2n) is 12.3. The van der Waals surface area contributed by atoms with E-state index in [0.29, 0.717) is 0 Å². The largest absolute Gasteiger partial charge is 0.410 e. The van der Waals surface area contributed by atoms with Gasteiger partial charge in [-0.3, -0.25) is 0 Å². The maximum Gasteiger partial charge on any atom is 0.192 e. The van der Waals surface area contributed by atoms with Crippen molar-refractivity contribution in [3.63, 3.8) is 0 Å². The monoisotopic (exact) mass is 456 g/mol. The first-order valence-electron chi connectivity index (χ1n) is 11.8. The molecule has 1 heterocycles. The van der Waals surface area contributed by atoms with E-state index in [9.17, 15) is 0 Å². The Bertz CT molecular complexity index is 543. The molecule has 176 valence electrons. The van der Waals surface area contributed by atoms with Crippen molar-refractivity contribution in [3.05, 3.63) is 12.2 Å². The Hall–Kier alpha value is 0.0138. The van der Waals surface area contributed by atoms with Crippen molar-refractivity contribution in [1.29, 1.82) is 0 Å². The van der Waals surface area contributed by atoms with Crippen molar-refractivity contribution < 1.29 is 18.3 Å². The number of hydrogen-bond acceptors (Lipinski definition) is 4. The molecular formula is C24H48O4Si2. The third-order valence-electron chi connectivity index (χ3n) is 7.75. The van der Waals surface area contributed by atoms with Crippen LogP contribution in [0.1, 0.15) is 73.6 Å². The first-order chi connectivity index (χ1) is 13.5. The molecule has 0 aromatic carbocycles. The Morgan fingerprint density at radius 1 is 0.833 bits per heavy atom.